The Kier molecular flexibility index (Phi) is 0.893. The van der Waals surface area contributed by atoms with E-state index in [-0.39, 0.29) is 0 Å². The van der Waals surface area contributed by atoms with Gasteiger partial charge in [0.1, 0.15) is 0 Å². The maximum atomic E-state index is 5.33. The highest BCUT2D eigenvalue weighted by atomic mass is 15.8. The molecule has 0 aliphatic rings. The third-order valence-corrected chi connectivity index (χ3v) is 1.57. The summed E-state index contributed by atoms with van der Waals surface area (Å²) in [6.45, 7) is 0. The molecule has 0 radical (unpaired) electrons. The van der Waals surface area contributed by atoms with Crippen molar-refractivity contribution in [3.63, 3.8) is 0 Å². The Labute approximate surface area is 57.9 Å². The molecule has 2 aromatic rings. The molecule has 2 rings (SSSR count). The van der Waals surface area contributed by atoms with Crippen LogP contribution in [0.25, 0.3) is 11.0 Å². The fraction of sp³-hybridized carbons (Fsp3) is 0. The molecule has 0 spiro atoms. The Bertz CT molecular complexity index is 276. The standard InChI is InChI=1S/C6H8N4/c7-10(8)9-5-1-2-6(9)4-3-5/h1-4H,7-8H2. The lowest BCUT2D eigenvalue weighted by Gasteiger charge is -2.12. The Morgan fingerprint density at radius 2 is 1.40 bits per heavy atom. The molecule has 0 saturated carbocycles. The summed E-state index contributed by atoms with van der Waals surface area (Å²) in [5.41, 5.74) is 2.03. The van der Waals surface area contributed by atoms with Crippen LogP contribution in [0.1, 0.15) is 0 Å². The Morgan fingerprint density at radius 1 is 1.00 bits per heavy atom. The van der Waals surface area contributed by atoms with Gasteiger partial charge in [-0.1, -0.05) is 0 Å². The first kappa shape index (κ1) is 5.52. The third kappa shape index (κ3) is 0.516. The number of aromatic nitrogens is 1. The van der Waals surface area contributed by atoms with Crippen molar-refractivity contribution in [3.05, 3.63) is 24.3 Å². The van der Waals surface area contributed by atoms with Crippen molar-refractivity contribution in [2.45, 2.75) is 0 Å². The smallest absolute Gasteiger partial charge is 0.0660 e. The zero-order chi connectivity index (χ0) is 7.14. The second-order valence-electron chi connectivity index (χ2n) is 2.21. The number of rotatable bonds is 1. The second kappa shape index (κ2) is 1.62. The SMILES string of the molecule is NN(N)n1c2ccc1cc2. The lowest BCUT2D eigenvalue weighted by Crippen LogP contribution is -2.46. The van der Waals surface area contributed by atoms with Crippen LogP contribution in [0.3, 0.4) is 0 Å². The molecular formula is C6H8N4. The van der Waals surface area contributed by atoms with E-state index in [2.05, 4.69) is 0 Å². The minimum Gasteiger partial charge on any atom is -0.229 e. The molecule has 52 valence electrons. The van der Waals surface area contributed by atoms with Gasteiger partial charge < -0.3 is 0 Å². The van der Waals surface area contributed by atoms with E-state index >= 15 is 0 Å². The van der Waals surface area contributed by atoms with Crippen LogP contribution in [0, 0.1) is 0 Å². The number of nitrogens with zero attached hydrogens (tertiary/aromatic N) is 2. The average Bonchev–Trinajstić information content (AvgIpc) is 2.43. The van der Waals surface area contributed by atoms with Crippen molar-refractivity contribution in [1.29, 1.82) is 0 Å². The lowest BCUT2D eigenvalue weighted by molar-refractivity contribution is 0.673. The van der Waals surface area contributed by atoms with Crippen molar-refractivity contribution in [1.82, 2.24) is 4.68 Å². The van der Waals surface area contributed by atoms with Gasteiger partial charge in [0.25, 0.3) is 0 Å². The monoisotopic (exact) mass is 136 g/mol. The van der Waals surface area contributed by atoms with Crippen LogP contribution >= 0.6 is 0 Å². The summed E-state index contributed by atoms with van der Waals surface area (Å²) in [4.78, 5) is 0. The van der Waals surface area contributed by atoms with E-state index in [1.165, 1.54) is 0 Å². The predicted octanol–water partition coefficient (Wildman–Crippen LogP) is -0.235. The highest BCUT2D eigenvalue weighted by molar-refractivity contribution is 5.68. The van der Waals surface area contributed by atoms with E-state index in [4.69, 9.17) is 11.7 Å². The molecule has 0 aliphatic heterocycles. The normalized spacial score (nSPS) is 11.0. The molecule has 0 atom stereocenters. The summed E-state index contributed by atoms with van der Waals surface area (Å²) in [7, 11) is 0. The molecule has 0 unspecified atom stereocenters. The minimum absolute atomic E-state index is 1.01. The van der Waals surface area contributed by atoms with Crippen LogP contribution in [0.2, 0.25) is 0 Å². The molecule has 0 aliphatic carbocycles. The van der Waals surface area contributed by atoms with Crippen LogP contribution in [0.5, 0.6) is 0 Å². The summed E-state index contributed by atoms with van der Waals surface area (Å²) < 4.78 is 1.72. The Balaban J connectivity index is 2.70. The molecule has 2 heterocycles. The van der Waals surface area contributed by atoms with Crippen LogP contribution in [-0.4, -0.2) is 4.68 Å². The van der Waals surface area contributed by atoms with E-state index in [0.29, 0.717) is 0 Å². The summed E-state index contributed by atoms with van der Waals surface area (Å²) in [6, 6.07) is 7.84. The molecular weight excluding hydrogens is 128 g/mol. The highest BCUT2D eigenvalue weighted by Gasteiger charge is 2.03. The van der Waals surface area contributed by atoms with Crippen LogP contribution in [0.4, 0.5) is 0 Å². The van der Waals surface area contributed by atoms with Gasteiger partial charge in [0.05, 0.1) is 11.0 Å². The molecule has 0 saturated heterocycles. The molecule has 0 fully saturated rings. The number of fused-ring (bicyclic) bond motifs is 2. The van der Waals surface area contributed by atoms with Gasteiger partial charge in [-0.15, -0.1) is 0 Å². The number of hydrazine groups is 2. The van der Waals surface area contributed by atoms with Crippen LogP contribution in [0.15, 0.2) is 24.3 Å². The molecule has 4 N–H and O–H groups in total. The molecule has 4 nitrogen and oxygen atoms in total. The molecule has 4 heteroatoms. The quantitative estimate of drug-likeness (QED) is 0.420. The van der Waals surface area contributed by atoms with Gasteiger partial charge in [0.15, 0.2) is 0 Å². The minimum atomic E-state index is 1.01. The average molecular weight is 136 g/mol. The zero-order valence-corrected chi connectivity index (χ0v) is 5.36. The van der Waals surface area contributed by atoms with Crippen molar-refractivity contribution < 1.29 is 0 Å². The van der Waals surface area contributed by atoms with E-state index in [9.17, 15) is 0 Å². The third-order valence-electron chi connectivity index (χ3n) is 1.57. The number of benzene rings is 1. The maximum absolute atomic E-state index is 5.33. The number of hydrogen-bond acceptors (Lipinski definition) is 3. The van der Waals surface area contributed by atoms with Gasteiger partial charge in [-0.2, -0.15) is 5.23 Å². The van der Waals surface area contributed by atoms with Crippen LogP contribution in [-0.2, 0) is 0 Å². The molecule has 0 aromatic carbocycles. The largest absolute Gasteiger partial charge is 0.229 e. The van der Waals surface area contributed by atoms with Gasteiger partial charge in [-0.25, -0.2) is 16.4 Å². The van der Waals surface area contributed by atoms with Gasteiger partial charge in [-0.3, -0.25) is 0 Å². The van der Waals surface area contributed by atoms with Crippen molar-refractivity contribution >= 4 is 11.0 Å². The van der Waals surface area contributed by atoms with E-state index < -0.39 is 0 Å². The molecule has 0 amide bonds. The zero-order valence-electron chi connectivity index (χ0n) is 5.36. The van der Waals surface area contributed by atoms with Crippen LogP contribution < -0.4 is 16.9 Å². The molecule has 10 heavy (non-hydrogen) atoms. The maximum Gasteiger partial charge on any atom is 0.0660 e. The summed E-state index contributed by atoms with van der Waals surface area (Å²) in [5, 5.41) is 1.07. The molecule has 2 bridgehead atoms. The predicted molar refractivity (Wildman–Crippen MR) is 39.7 cm³/mol. The number of hydrogen-bond donors (Lipinski definition) is 2. The summed E-state index contributed by atoms with van der Waals surface area (Å²) >= 11 is 0. The van der Waals surface area contributed by atoms with E-state index in [0.717, 1.165) is 16.3 Å². The van der Waals surface area contributed by atoms with E-state index in [1.807, 2.05) is 24.3 Å². The first-order valence-electron chi connectivity index (χ1n) is 2.98. The van der Waals surface area contributed by atoms with E-state index in [1.54, 1.807) is 4.68 Å². The highest BCUT2D eigenvalue weighted by Crippen LogP contribution is 2.14. The first-order valence-corrected chi connectivity index (χ1v) is 2.98. The first-order chi connectivity index (χ1) is 4.79. The van der Waals surface area contributed by atoms with Gasteiger partial charge in [0.2, 0.25) is 0 Å². The topological polar surface area (TPSA) is 60.2 Å². The Morgan fingerprint density at radius 3 is 1.60 bits per heavy atom. The van der Waals surface area contributed by atoms with Crippen molar-refractivity contribution in [2.75, 3.05) is 5.23 Å². The summed E-state index contributed by atoms with van der Waals surface area (Å²) in [5.74, 6) is 10.7. The number of nitrogens with two attached hydrogens (primary N) is 2. The van der Waals surface area contributed by atoms with Gasteiger partial charge >= 0.3 is 0 Å². The lowest BCUT2D eigenvalue weighted by atomic mass is 10.4. The fourth-order valence-corrected chi connectivity index (χ4v) is 1.15. The fourth-order valence-electron chi connectivity index (χ4n) is 1.15. The van der Waals surface area contributed by atoms with Crippen molar-refractivity contribution in [3.8, 4) is 0 Å². The summed E-state index contributed by atoms with van der Waals surface area (Å²) in [6.07, 6.45) is 0. The Hall–Kier alpha value is -1.26. The second-order valence-corrected chi connectivity index (χ2v) is 2.21. The molecule has 2 aromatic heterocycles. The van der Waals surface area contributed by atoms with Gasteiger partial charge in [-0.05, 0) is 24.3 Å². The van der Waals surface area contributed by atoms with Gasteiger partial charge in [0, 0.05) is 0 Å². The van der Waals surface area contributed by atoms with Crippen molar-refractivity contribution in [2.24, 2.45) is 11.7 Å².